The summed E-state index contributed by atoms with van der Waals surface area (Å²) in [5, 5.41) is 30.7. The number of alkyl carbamates (subject to hydrolysis) is 1. The molecule has 1 saturated heterocycles. The molecule has 1 aliphatic carbocycles. The molecule has 3 atom stereocenters. The van der Waals surface area contributed by atoms with Gasteiger partial charge in [-0.1, -0.05) is 23.3 Å². The summed E-state index contributed by atoms with van der Waals surface area (Å²) >= 11 is 3.29. The largest absolute Gasteiger partial charge is 0.477 e. The second kappa shape index (κ2) is 17.5. The van der Waals surface area contributed by atoms with Crippen molar-refractivity contribution in [3.8, 4) is 0 Å². The summed E-state index contributed by atoms with van der Waals surface area (Å²) in [7, 11) is 0. The first-order chi connectivity index (χ1) is 25.2. The van der Waals surface area contributed by atoms with E-state index in [2.05, 4.69) is 40.7 Å². The number of nitrogens with one attached hydrogen (secondary N) is 2. The molecule has 0 radical (unpaired) electrons. The number of nitrogen functional groups attached to an aromatic ring is 1. The number of rotatable bonds is 15. The fourth-order valence-electron chi connectivity index (χ4n) is 5.46. The molecule has 53 heavy (non-hydrogen) atoms. The van der Waals surface area contributed by atoms with E-state index >= 15 is 0 Å². The Labute approximate surface area is 316 Å². The van der Waals surface area contributed by atoms with Gasteiger partial charge < -0.3 is 35.8 Å². The average Bonchev–Trinajstić information content (AvgIpc) is 3.75. The minimum absolute atomic E-state index is 0.0462. The van der Waals surface area contributed by atoms with E-state index in [4.69, 9.17) is 20.0 Å². The number of anilines is 1. The number of hydrogen-bond donors (Lipinski definition) is 4. The fraction of sp³-hybridized carbons (Fsp3) is 0.633. The zero-order valence-corrected chi connectivity index (χ0v) is 31.9. The van der Waals surface area contributed by atoms with Gasteiger partial charge in [0.1, 0.15) is 28.8 Å². The molecule has 0 bridgehead atoms. The van der Waals surface area contributed by atoms with E-state index in [1.807, 2.05) is 0 Å². The predicted octanol–water partition coefficient (Wildman–Crippen LogP) is 1.54. The van der Waals surface area contributed by atoms with E-state index < -0.39 is 58.7 Å². The summed E-state index contributed by atoms with van der Waals surface area (Å²) < 4.78 is 16.3. The van der Waals surface area contributed by atoms with E-state index in [1.165, 1.54) is 35.1 Å². The first kappa shape index (κ1) is 39.7. The van der Waals surface area contributed by atoms with Crippen LogP contribution in [0.5, 0.6) is 0 Å². The molecule has 5 N–H and O–H groups in total. The number of nitrogens with zero attached hydrogens (tertiary/aromatic N) is 8. The molecule has 23 heteroatoms. The number of nitrogens with two attached hydrogens (primary N) is 1. The lowest BCUT2D eigenvalue weighted by atomic mass is 9.98. The van der Waals surface area contributed by atoms with Crippen LogP contribution in [0.4, 0.5) is 9.93 Å². The third-order valence-corrected chi connectivity index (χ3v) is 10.9. The number of aliphatic carboxylic acids is 1. The molecule has 288 valence electrons. The quantitative estimate of drug-likeness (QED) is 0.0497. The van der Waals surface area contributed by atoms with Gasteiger partial charge in [-0.15, -0.1) is 16.9 Å². The van der Waals surface area contributed by atoms with Gasteiger partial charge in [0, 0.05) is 36.1 Å². The second-order valence-corrected chi connectivity index (χ2v) is 16.0. The number of carboxylic acids is 1. The number of carboxylic acid groups (broad SMARTS) is 1. The standard InChI is InChI=1S/C30H41N11O9S3/c1-15(26(46)48-17-9-6-5-7-10-17)50-36-18(21-34-27(31)53-37-21)22(42)33-19-23(43)41-20(25(44)45)16(13-51-24(19)41)14-52-28-35-38-39-40(28)12-8-11-32-29(47)49-30(2,3)4/h15,17,19,24H,5-14H2,1-4H3,(H,32,47)(H,33,42)(H,44,45)(H2,31,34,37)/b36-18+/t15?,19?,24-/m1/s1. The summed E-state index contributed by atoms with van der Waals surface area (Å²) in [5.41, 5.74) is 4.97. The van der Waals surface area contributed by atoms with Gasteiger partial charge in [0.25, 0.3) is 11.8 Å². The number of oxime groups is 1. The normalized spacial score (nSPS) is 19.9. The molecule has 5 rings (SSSR count). The Bertz CT molecular complexity index is 1750. The molecule has 0 aromatic carbocycles. The molecule has 20 nitrogen and oxygen atoms in total. The molecule has 0 spiro atoms. The number of hydrogen-bond acceptors (Lipinski definition) is 18. The van der Waals surface area contributed by atoms with Crippen molar-refractivity contribution in [2.24, 2.45) is 5.16 Å². The zero-order chi connectivity index (χ0) is 38.3. The average molecular weight is 796 g/mol. The highest BCUT2D eigenvalue weighted by Gasteiger charge is 2.54. The lowest BCUT2D eigenvalue weighted by Gasteiger charge is -2.49. The molecular weight excluding hydrogens is 755 g/mol. The monoisotopic (exact) mass is 795 g/mol. The van der Waals surface area contributed by atoms with Gasteiger partial charge in [0.2, 0.25) is 22.8 Å². The minimum atomic E-state index is -1.30. The van der Waals surface area contributed by atoms with Crippen molar-refractivity contribution >= 4 is 75.7 Å². The molecule has 2 unspecified atom stereocenters. The van der Waals surface area contributed by atoms with Crippen LogP contribution in [0, 0.1) is 0 Å². The van der Waals surface area contributed by atoms with Crippen LogP contribution in [-0.4, -0.2) is 122 Å². The predicted molar refractivity (Wildman–Crippen MR) is 191 cm³/mol. The molecule has 2 aliphatic heterocycles. The summed E-state index contributed by atoms with van der Waals surface area (Å²) in [6.07, 6.45) is 3.16. The Balaban J connectivity index is 1.19. The van der Waals surface area contributed by atoms with Crippen LogP contribution in [0.2, 0.25) is 0 Å². The molecule has 3 aliphatic rings. The highest BCUT2D eigenvalue weighted by atomic mass is 32.2. The van der Waals surface area contributed by atoms with Crippen LogP contribution in [0.25, 0.3) is 0 Å². The van der Waals surface area contributed by atoms with E-state index in [1.54, 1.807) is 20.8 Å². The zero-order valence-electron chi connectivity index (χ0n) is 29.5. The van der Waals surface area contributed by atoms with E-state index in [0.717, 1.165) is 48.5 Å². The van der Waals surface area contributed by atoms with E-state index in [-0.39, 0.29) is 34.3 Å². The van der Waals surface area contributed by atoms with Crippen LogP contribution in [0.15, 0.2) is 21.6 Å². The van der Waals surface area contributed by atoms with Gasteiger partial charge >= 0.3 is 18.0 Å². The first-order valence-corrected chi connectivity index (χ1v) is 19.6. The Morgan fingerprint density at radius 2 is 1.94 bits per heavy atom. The number of amides is 3. The van der Waals surface area contributed by atoms with Crippen molar-refractivity contribution < 1.29 is 43.4 Å². The molecular formula is C30H41N11O9S3. The number of aromatic nitrogens is 6. The van der Waals surface area contributed by atoms with Crippen molar-refractivity contribution in [2.75, 3.05) is 23.8 Å². The Morgan fingerprint density at radius 1 is 1.19 bits per heavy atom. The lowest BCUT2D eigenvalue weighted by Crippen LogP contribution is -2.71. The number of carbonyl (C=O) groups is 5. The van der Waals surface area contributed by atoms with Crippen LogP contribution in [0.3, 0.4) is 0 Å². The molecule has 2 aromatic heterocycles. The number of fused-ring (bicyclic) bond motifs is 1. The molecule has 2 aromatic rings. The molecule has 4 heterocycles. The van der Waals surface area contributed by atoms with Gasteiger partial charge in [0.05, 0.1) is 0 Å². The Hall–Kier alpha value is -4.51. The van der Waals surface area contributed by atoms with Gasteiger partial charge in [-0.25, -0.2) is 19.1 Å². The highest BCUT2D eigenvalue weighted by Crippen LogP contribution is 2.41. The number of β-lactam (4-membered cyclic amide) rings is 1. The number of tetrazole rings is 1. The third kappa shape index (κ3) is 10.3. The summed E-state index contributed by atoms with van der Waals surface area (Å²) in [6, 6.07) is -1.10. The number of ether oxygens (including phenoxy) is 2. The van der Waals surface area contributed by atoms with Gasteiger partial charge in [-0.2, -0.15) is 9.36 Å². The van der Waals surface area contributed by atoms with Crippen molar-refractivity contribution in [3.63, 3.8) is 0 Å². The maximum atomic E-state index is 13.5. The minimum Gasteiger partial charge on any atom is -0.477 e. The van der Waals surface area contributed by atoms with Crippen molar-refractivity contribution in [2.45, 2.75) is 107 Å². The second-order valence-electron chi connectivity index (χ2n) is 13.2. The number of thioether (sulfide) groups is 2. The van der Waals surface area contributed by atoms with E-state index in [0.29, 0.717) is 30.2 Å². The van der Waals surface area contributed by atoms with Crippen molar-refractivity contribution in [3.05, 3.63) is 17.1 Å². The number of aryl methyl sites for hydroxylation is 1. The third-order valence-electron chi connectivity index (χ3n) is 7.96. The topological polar surface area (TPSA) is 268 Å². The Morgan fingerprint density at radius 3 is 2.62 bits per heavy atom. The first-order valence-electron chi connectivity index (χ1n) is 16.8. The van der Waals surface area contributed by atoms with Gasteiger partial charge in [-0.05, 0) is 75.8 Å². The molecule has 2 fully saturated rings. The van der Waals surface area contributed by atoms with Crippen molar-refractivity contribution in [1.29, 1.82) is 0 Å². The smallest absolute Gasteiger partial charge is 0.407 e. The SMILES string of the molecule is CC(O/N=C(/C(=O)NC1C(=O)N2C(C(=O)O)=C(CSc3nnnn3CCCNC(=O)OC(C)(C)C)CS[C@H]12)c1nsc(N)n1)C(=O)OC1CCCCC1. The molecule has 1 saturated carbocycles. The van der Waals surface area contributed by atoms with Crippen LogP contribution in [-0.2, 0) is 40.0 Å². The van der Waals surface area contributed by atoms with Crippen LogP contribution < -0.4 is 16.4 Å². The maximum Gasteiger partial charge on any atom is 0.407 e. The molecule has 3 amide bonds. The summed E-state index contributed by atoms with van der Waals surface area (Å²) in [4.78, 5) is 74.3. The maximum absolute atomic E-state index is 13.5. The van der Waals surface area contributed by atoms with Crippen LogP contribution in [0.1, 0.15) is 72.0 Å². The summed E-state index contributed by atoms with van der Waals surface area (Å²) in [5.74, 6) is -3.23. The van der Waals surface area contributed by atoms with E-state index in [9.17, 15) is 29.1 Å². The highest BCUT2D eigenvalue weighted by molar-refractivity contribution is 8.01. The lowest BCUT2D eigenvalue weighted by molar-refractivity contribution is -0.163. The Kier molecular flexibility index (Phi) is 13.1. The van der Waals surface area contributed by atoms with Gasteiger partial charge in [-0.3, -0.25) is 14.5 Å². The van der Waals surface area contributed by atoms with Crippen LogP contribution >= 0.6 is 35.1 Å². The van der Waals surface area contributed by atoms with Crippen molar-refractivity contribution in [1.82, 2.24) is 45.1 Å². The summed E-state index contributed by atoms with van der Waals surface area (Å²) in [6.45, 7) is 7.44. The fourth-order valence-corrected chi connectivity index (χ4v) is 8.29. The number of carbonyl (C=O) groups excluding carboxylic acids is 4. The number of esters is 1. The van der Waals surface area contributed by atoms with Gasteiger partial charge in [0.15, 0.2) is 5.13 Å².